The number of nitrogens with one attached hydrogen (secondary N) is 1. The van der Waals surface area contributed by atoms with Crippen molar-refractivity contribution in [2.24, 2.45) is 5.92 Å². The molecule has 4 aromatic carbocycles. The predicted octanol–water partition coefficient (Wildman–Crippen LogP) is 6.97. The molecule has 6 rings (SSSR count). The third-order valence-electron chi connectivity index (χ3n) is 7.72. The second-order valence-electron chi connectivity index (χ2n) is 10.6. The van der Waals surface area contributed by atoms with E-state index in [2.05, 4.69) is 22.2 Å². The maximum Gasteiger partial charge on any atom is 0.275 e. The zero-order valence-electron chi connectivity index (χ0n) is 24.4. The lowest BCUT2D eigenvalue weighted by atomic mass is 9.91. The fourth-order valence-corrected chi connectivity index (χ4v) is 6.40. The Morgan fingerprint density at radius 1 is 0.909 bits per heavy atom. The third kappa shape index (κ3) is 6.61. The molecule has 9 heteroatoms. The number of aliphatic hydroxyl groups excluding tert-OH is 1. The summed E-state index contributed by atoms with van der Waals surface area (Å²) in [6.45, 7) is 2.13. The molecule has 1 fully saturated rings. The molecule has 0 spiro atoms. The zero-order chi connectivity index (χ0) is 30.5. The van der Waals surface area contributed by atoms with E-state index in [1.54, 1.807) is 18.9 Å². The van der Waals surface area contributed by atoms with Crippen LogP contribution in [0, 0.1) is 5.92 Å². The van der Waals surface area contributed by atoms with Gasteiger partial charge in [-0.15, -0.1) is 11.8 Å². The molecular weight excluding hydrogens is 574 g/mol. The van der Waals surface area contributed by atoms with Crippen molar-refractivity contribution in [3.63, 3.8) is 0 Å². The topological polar surface area (TPSA) is 103 Å². The Morgan fingerprint density at radius 3 is 2.36 bits per heavy atom. The van der Waals surface area contributed by atoms with Gasteiger partial charge in [0, 0.05) is 27.8 Å². The summed E-state index contributed by atoms with van der Waals surface area (Å²) < 4.78 is 18.7. The number of para-hydroxylation sites is 3. The molecule has 4 atom stereocenters. The van der Waals surface area contributed by atoms with Crippen LogP contribution in [0.3, 0.4) is 0 Å². The van der Waals surface area contributed by atoms with Gasteiger partial charge in [0.25, 0.3) is 5.91 Å². The molecule has 2 heterocycles. The van der Waals surface area contributed by atoms with Gasteiger partial charge in [-0.3, -0.25) is 9.78 Å². The summed E-state index contributed by atoms with van der Waals surface area (Å²) in [5, 5.41) is 12.4. The van der Waals surface area contributed by atoms with E-state index in [0.29, 0.717) is 17.0 Å². The van der Waals surface area contributed by atoms with Gasteiger partial charge < -0.3 is 24.6 Å². The van der Waals surface area contributed by atoms with Gasteiger partial charge in [-0.2, -0.15) is 0 Å². The number of anilines is 1. The summed E-state index contributed by atoms with van der Waals surface area (Å²) in [6.07, 6.45) is 0.508. The van der Waals surface area contributed by atoms with Crippen molar-refractivity contribution >= 4 is 34.4 Å². The summed E-state index contributed by atoms with van der Waals surface area (Å²) in [7, 11) is 1.68. The number of benzene rings is 4. The third-order valence-corrected chi connectivity index (χ3v) is 8.86. The molecule has 1 amide bonds. The van der Waals surface area contributed by atoms with Crippen LogP contribution >= 0.6 is 11.8 Å². The summed E-state index contributed by atoms with van der Waals surface area (Å²) >= 11 is 1.69. The molecule has 0 bridgehead atoms. The first-order valence-electron chi connectivity index (χ1n) is 14.4. The van der Waals surface area contributed by atoms with Crippen LogP contribution in [-0.4, -0.2) is 39.9 Å². The summed E-state index contributed by atoms with van der Waals surface area (Å²) in [5.41, 5.74) is 4.97. The number of carbonyl (C=O) groups excluding carboxylic acids is 1. The van der Waals surface area contributed by atoms with Crippen LogP contribution in [0.25, 0.3) is 11.0 Å². The van der Waals surface area contributed by atoms with E-state index in [1.165, 1.54) is 6.20 Å². The number of carbonyl (C=O) groups is 1. The number of hydrogen-bond acceptors (Lipinski definition) is 8. The number of thioether (sulfide) groups is 1. The van der Waals surface area contributed by atoms with Crippen LogP contribution in [0.2, 0.25) is 0 Å². The highest BCUT2D eigenvalue weighted by atomic mass is 32.2. The van der Waals surface area contributed by atoms with Crippen LogP contribution < -0.4 is 10.1 Å². The highest BCUT2D eigenvalue weighted by Crippen LogP contribution is 2.43. The second-order valence-corrected chi connectivity index (χ2v) is 11.7. The Hall–Kier alpha value is -4.28. The number of fused-ring (bicyclic) bond motifs is 1. The Labute approximate surface area is 260 Å². The number of amides is 1. The number of aromatic nitrogens is 2. The number of aliphatic hydroxyl groups is 1. The first kappa shape index (κ1) is 29.8. The lowest BCUT2D eigenvalue weighted by Gasteiger charge is -2.41. The van der Waals surface area contributed by atoms with E-state index in [4.69, 9.17) is 14.2 Å². The molecule has 1 aliphatic rings. The van der Waals surface area contributed by atoms with Crippen molar-refractivity contribution in [2.75, 3.05) is 18.2 Å². The molecule has 0 saturated carbocycles. The standard InChI is InChI=1S/C35H33N3O5S/c1-22-31(21-44-32-10-6-5-9-30(32)41-2)42-35(43-33(22)24-13-11-23(20-39)12-14-24)25-15-17-26(18-16-25)37-34(40)29-19-36-27-7-3-4-8-28(27)38-29/h3-19,22,31,33,35,39H,20-21H2,1-2H3,(H,37,40)/t22-,31+,33+,35+/m1/s1. The van der Waals surface area contributed by atoms with Gasteiger partial charge in [0.05, 0.1) is 43.2 Å². The van der Waals surface area contributed by atoms with Gasteiger partial charge in [-0.1, -0.05) is 67.6 Å². The fourth-order valence-electron chi connectivity index (χ4n) is 5.21. The van der Waals surface area contributed by atoms with E-state index in [1.807, 2.05) is 97.1 Å². The van der Waals surface area contributed by atoms with Gasteiger partial charge in [-0.05, 0) is 47.5 Å². The molecular formula is C35H33N3O5S. The number of nitrogens with zero attached hydrogens (tertiary/aromatic N) is 2. The van der Waals surface area contributed by atoms with E-state index in [0.717, 1.165) is 32.9 Å². The lowest BCUT2D eigenvalue weighted by molar-refractivity contribution is -0.268. The molecule has 0 radical (unpaired) electrons. The van der Waals surface area contributed by atoms with Crippen LogP contribution in [0.4, 0.5) is 5.69 Å². The molecule has 0 aliphatic carbocycles. The molecule has 0 unspecified atom stereocenters. The summed E-state index contributed by atoms with van der Waals surface area (Å²) in [6, 6.07) is 30.7. The minimum atomic E-state index is -0.618. The Kier molecular flexibility index (Phi) is 9.18. The number of ether oxygens (including phenoxy) is 3. The maximum absolute atomic E-state index is 12.9. The molecule has 1 aromatic heterocycles. The molecule has 8 nitrogen and oxygen atoms in total. The highest BCUT2D eigenvalue weighted by molar-refractivity contribution is 7.99. The number of rotatable bonds is 9. The lowest BCUT2D eigenvalue weighted by Crippen LogP contribution is -2.38. The van der Waals surface area contributed by atoms with Crippen molar-refractivity contribution in [3.05, 3.63) is 126 Å². The average Bonchev–Trinajstić information content (AvgIpc) is 3.08. The zero-order valence-corrected chi connectivity index (χ0v) is 25.2. The first-order chi connectivity index (χ1) is 21.5. The monoisotopic (exact) mass is 607 g/mol. The van der Waals surface area contributed by atoms with Gasteiger partial charge in [0.2, 0.25) is 0 Å². The Morgan fingerprint density at radius 2 is 1.61 bits per heavy atom. The van der Waals surface area contributed by atoms with Crippen LogP contribution in [0.15, 0.2) is 108 Å². The smallest absolute Gasteiger partial charge is 0.275 e. The predicted molar refractivity (Wildman–Crippen MR) is 171 cm³/mol. The minimum Gasteiger partial charge on any atom is -0.496 e. The van der Waals surface area contributed by atoms with Gasteiger partial charge in [0.15, 0.2) is 6.29 Å². The Balaban J connectivity index is 1.20. The molecule has 1 saturated heterocycles. The molecule has 224 valence electrons. The van der Waals surface area contributed by atoms with E-state index >= 15 is 0 Å². The van der Waals surface area contributed by atoms with Crippen molar-refractivity contribution in [1.82, 2.24) is 9.97 Å². The number of hydrogen-bond donors (Lipinski definition) is 2. The Bertz CT molecular complexity index is 1730. The molecule has 44 heavy (non-hydrogen) atoms. The van der Waals surface area contributed by atoms with Gasteiger partial charge >= 0.3 is 0 Å². The van der Waals surface area contributed by atoms with Crippen LogP contribution in [0.5, 0.6) is 5.75 Å². The van der Waals surface area contributed by atoms with Crippen LogP contribution in [-0.2, 0) is 16.1 Å². The molecule has 2 N–H and O–H groups in total. The minimum absolute atomic E-state index is 0.0123. The molecule has 5 aromatic rings. The quantitative estimate of drug-likeness (QED) is 0.173. The fraction of sp³-hybridized carbons (Fsp3) is 0.229. The van der Waals surface area contributed by atoms with Gasteiger partial charge in [-0.25, -0.2) is 4.98 Å². The van der Waals surface area contributed by atoms with Crippen molar-refractivity contribution in [3.8, 4) is 5.75 Å². The first-order valence-corrected chi connectivity index (χ1v) is 15.4. The van der Waals surface area contributed by atoms with E-state index in [-0.39, 0.29) is 36.3 Å². The summed E-state index contributed by atoms with van der Waals surface area (Å²) in [4.78, 5) is 22.7. The highest BCUT2D eigenvalue weighted by Gasteiger charge is 2.38. The van der Waals surface area contributed by atoms with Crippen LogP contribution in [0.1, 0.15) is 46.5 Å². The second kappa shape index (κ2) is 13.6. The van der Waals surface area contributed by atoms with Crippen molar-refractivity contribution < 1.29 is 24.1 Å². The SMILES string of the molecule is COc1ccccc1SC[C@@H]1O[C@H](c2ccc(NC(=O)c3cnc4ccccc4n3)cc2)O[C@H](c2ccc(CO)cc2)[C@@H]1C. The van der Waals surface area contributed by atoms with Gasteiger partial charge in [0.1, 0.15) is 11.4 Å². The normalized spacial score (nSPS) is 19.9. The summed E-state index contributed by atoms with van der Waals surface area (Å²) in [5.74, 6) is 1.25. The largest absolute Gasteiger partial charge is 0.496 e. The van der Waals surface area contributed by atoms with E-state index in [9.17, 15) is 9.90 Å². The van der Waals surface area contributed by atoms with Crippen molar-refractivity contribution in [1.29, 1.82) is 0 Å². The maximum atomic E-state index is 12.9. The van der Waals surface area contributed by atoms with E-state index < -0.39 is 6.29 Å². The average molecular weight is 608 g/mol. The number of methoxy groups -OCH3 is 1. The van der Waals surface area contributed by atoms with Crippen molar-refractivity contribution in [2.45, 2.75) is 36.9 Å². The molecule has 1 aliphatic heterocycles.